The van der Waals surface area contributed by atoms with Crippen LogP contribution in [0.4, 0.5) is 4.39 Å². The van der Waals surface area contributed by atoms with Gasteiger partial charge in [-0.1, -0.05) is 0 Å². The van der Waals surface area contributed by atoms with E-state index in [4.69, 9.17) is 9.15 Å². The van der Waals surface area contributed by atoms with E-state index in [0.29, 0.717) is 0 Å². The van der Waals surface area contributed by atoms with Crippen LogP contribution in [0.2, 0.25) is 0 Å². The second kappa shape index (κ2) is 7.82. The lowest BCUT2D eigenvalue weighted by Gasteiger charge is -2.01. The Bertz CT molecular complexity index is 507. The largest absolute Gasteiger partial charge is 0.455 e. The van der Waals surface area contributed by atoms with E-state index in [1.807, 2.05) is 19.1 Å². The second-order valence-corrected chi connectivity index (χ2v) is 4.60. The fraction of sp³-hybridized carbons (Fsp3) is 0.375. The first-order valence-corrected chi connectivity index (χ1v) is 7.03. The van der Waals surface area contributed by atoms with Gasteiger partial charge in [-0.15, -0.1) is 0 Å². The first-order chi connectivity index (χ1) is 9.79. The summed E-state index contributed by atoms with van der Waals surface area (Å²) in [5.41, 5.74) is 0.897. The lowest BCUT2D eigenvalue weighted by atomic mass is 10.2. The van der Waals surface area contributed by atoms with E-state index in [1.54, 1.807) is 12.1 Å². The molecule has 0 radical (unpaired) electrons. The van der Waals surface area contributed by atoms with Crippen molar-refractivity contribution in [2.45, 2.75) is 19.9 Å². The molecule has 0 saturated heterocycles. The molecule has 0 bridgehead atoms. The molecule has 0 unspecified atom stereocenters. The fourth-order valence-corrected chi connectivity index (χ4v) is 1.98. The summed E-state index contributed by atoms with van der Waals surface area (Å²) >= 11 is 0. The lowest BCUT2D eigenvalue weighted by Crippen LogP contribution is -2.82. The third kappa shape index (κ3) is 4.47. The first-order valence-electron chi connectivity index (χ1n) is 7.03. The lowest BCUT2D eigenvalue weighted by molar-refractivity contribution is -0.672. The fourth-order valence-electron chi connectivity index (χ4n) is 1.98. The molecule has 0 aliphatic heterocycles. The third-order valence-electron chi connectivity index (χ3n) is 3.04. The SMILES string of the molecule is CCOCCC[NH2+]Cc1ccc(-c2ccc(F)cc2)o1. The molecule has 4 heteroatoms. The summed E-state index contributed by atoms with van der Waals surface area (Å²) < 4.78 is 23.9. The maximum atomic E-state index is 12.9. The van der Waals surface area contributed by atoms with Crippen molar-refractivity contribution in [2.75, 3.05) is 19.8 Å². The summed E-state index contributed by atoms with van der Waals surface area (Å²) in [6, 6.07) is 10.2. The summed E-state index contributed by atoms with van der Waals surface area (Å²) in [4.78, 5) is 0. The van der Waals surface area contributed by atoms with Gasteiger partial charge in [0, 0.05) is 18.6 Å². The van der Waals surface area contributed by atoms with Crippen molar-refractivity contribution in [3.8, 4) is 11.3 Å². The Morgan fingerprint density at radius 1 is 1.15 bits per heavy atom. The van der Waals surface area contributed by atoms with Crippen LogP contribution in [-0.2, 0) is 11.3 Å². The number of hydrogen-bond donors (Lipinski definition) is 1. The average Bonchev–Trinajstić information content (AvgIpc) is 2.92. The highest BCUT2D eigenvalue weighted by atomic mass is 19.1. The predicted molar refractivity (Wildman–Crippen MR) is 75.7 cm³/mol. The van der Waals surface area contributed by atoms with Gasteiger partial charge in [-0.3, -0.25) is 0 Å². The van der Waals surface area contributed by atoms with Crippen molar-refractivity contribution >= 4 is 0 Å². The van der Waals surface area contributed by atoms with E-state index in [2.05, 4.69) is 5.32 Å². The minimum Gasteiger partial charge on any atom is -0.455 e. The number of nitrogens with two attached hydrogens (primary N) is 1. The number of benzene rings is 1. The van der Waals surface area contributed by atoms with E-state index in [1.165, 1.54) is 12.1 Å². The standard InChI is InChI=1S/C16H20FNO2/c1-2-19-11-3-10-18-12-15-8-9-16(20-15)13-4-6-14(17)7-5-13/h4-9,18H,2-3,10-12H2,1H3/p+1. The van der Waals surface area contributed by atoms with Gasteiger partial charge >= 0.3 is 0 Å². The van der Waals surface area contributed by atoms with E-state index < -0.39 is 0 Å². The zero-order valence-corrected chi connectivity index (χ0v) is 11.8. The summed E-state index contributed by atoms with van der Waals surface area (Å²) in [5, 5.41) is 2.20. The summed E-state index contributed by atoms with van der Waals surface area (Å²) in [6.07, 6.45) is 1.04. The topological polar surface area (TPSA) is 39.0 Å². The molecular formula is C16H21FNO2+. The van der Waals surface area contributed by atoms with Crippen LogP contribution in [0.3, 0.4) is 0 Å². The Balaban J connectivity index is 1.79. The Morgan fingerprint density at radius 3 is 2.70 bits per heavy atom. The van der Waals surface area contributed by atoms with Gasteiger partial charge < -0.3 is 14.5 Å². The normalized spacial score (nSPS) is 10.9. The van der Waals surface area contributed by atoms with E-state index >= 15 is 0 Å². The van der Waals surface area contributed by atoms with Crippen LogP contribution >= 0.6 is 0 Å². The molecular weight excluding hydrogens is 257 g/mol. The molecule has 1 aromatic heterocycles. The summed E-state index contributed by atoms with van der Waals surface area (Å²) in [7, 11) is 0. The van der Waals surface area contributed by atoms with Crippen LogP contribution < -0.4 is 5.32 Å². The van der Waals surface area contributed by atoms with Gasteiger partial charge in [0.05, 0.1) is 13.2 Å². The van der Waals surface area contributed by atoms with E-state index in [-0.39, 0.29) is 5.82 Å². The average molecular weight is 278 g/mol. The minimum absolute atomic E-state index is 0.233. The van der Waals surface area contributed by atoms with Gasteiger partial charge in [0.2, 0.25) is 0 Å². The number of furan rings is 1. The smallest absolute Gasteiger partial charge is 0.158 e. The van der Waals surface area contributed by atoms with Crippen molar-refractivity contribution in [3.05, 3.63) is 48.0 Å². The molecule has 0 saturated carbocycles. The molecule has 2 N–H and O–H groups in total. The Kier molecular flexibility index (Phi) is 5.77. The molecule has 0 spiro atoms. The number of ether oxygens (including phenoxy) is 1. The highest BCUT2D eigenvalue weighted by molar-refractivity contribution is 5.57. The van der Waals surface area contributed by atoms with Gasteiger partial charge in [-0.2, -0.15) is 0 Å². The quantitative estimate of drug-likeness (QED) is 0.754. The van der Waals surface area contributed by atoms with Crippen molar-refractivity contribution in [1.82, 2.24) is 0 Å². The van der Waals surface area contributed by atoms with Gasteiger partial charge in [0.1, 0.15) is 18.1 Å². The van der Waals surface area contributed by atoms with Crippen LogP contribution in [0, 0.1) is 5.82 Å². The highest BCUT2D eigenvalue weighted by Gasteiger charge is 2.06. The number of hydrogen-bond acceptors (Lipinski definition) is 2. The molecule has 1 heterocycles. The van der Waals surface area contributed by atoms with Crippen LogP contribution in [0.5, 0.6) is 0 Å². The molecule has 0 aliphatic carbocycles. The summed E-state index contributed by atoms with van der Waals surface area (Å²) in [5.74, 6) is 1.48. The van der Waals surface area contributed by atoms with Crippen LogP contribution in [0.25, 0.3) is 11.3 Å². The third-order valence-corrected chi connectivity index (χ3v) is 3.04. The van der Waals surface area contributed by atoms with Crippen LogP contribution in [-0.4, -0.2) is 19.8 Å². The van der Waals surface area contributed by atoms with Crippen molar-refractivity contribution in [2.24, 2.45) is 0 Å². The molecule has 2 rings (SSSR count). The van der Waals surface area contributed by atoms with Gasteiger partial charge in [-0.25, -0.2) is 4.39 Å². The van der Waals surface area contributed by atoms with Gasteiger partial charge in [0.25, 0.3) is 0 Å². The molecule has 1 aromatic carbocycles. The van der Waals surface area contributed by atoms with Crippen LogP contribution in [0.15, 0.2) is 40.8 Å². The predicted octanol–water partition coefficient (Wildman–Crippen LogP) is 2.58. The minimum atomic E-state index is -0.233. The van der Waals surface area contributed by atoms with Crippen molar-refractivity contribution < 1.29 is 18.9 Å². The summed E-state index contributed by atoms with van der Waals surface area (Å²) in [6.45, 7) is 5.43. The first kappa shape index (κ1) is 14.8. The molecule has 0 amide bonds. The van der Waals surface area contributed by atoms with Gasteiger partial charge in [0.15, 0.2) is 5.76 Å². The Labute approximate surface area is 118 Å². The van der Waals surface area contributed by atoms with E-state index in [0.717, 1.165) is 49.8 Å². The number of halogens is 1. The Morgan fingerprint density at radius 2 is 1.95 bits per heavy atom. The molecule has 3 nitrogen and oxygen atoms in total. The molecule has 0 atom stereocenters. The highest BCUT2D eigenvalue weighted by Crippen LogP contribution is 2.21. The molecule has 2 aromatic rings. The van der Waals surface area contributed by atoms with Crippen LogP contribution in [0.1, 0.15) is 19.1 Å². The second-order valence-electron chi connectivity index (χ2n) is 4.60. The number of rotatable bonds is 8. The number of quaternary nitrogens is 1. The molecule has 0 fully saturated rings. The van der Waals surface area contributed by atoms with Gasteiger partial charge in [-0.05, 0) is 43.3 Å². The molecule has 20 heavy (non-hydrogen) atoms. The molecule has 0 aliphatic rings. The molecule has 108 valence electrons. The zero-order chi connectivity index (χ0) is 14.2. The maximum Gasteiger partial charge on any atom is 0.158 e. The Hall–Kier alpha value is -1.65. The van der Waals surface area contributed by atoms with Crippen molar-refractivity contribution in [1.29, 1.82) is 0 Å². The maximum absolute atomic E-state index is 12.9. The zero-order valence-electron chi connectivity index (χ0n) is 11.8. The van der Waals surface area contributed by atoms with Crippen molar-refractivity contribution in [3.63, 3.8) is 0 Å². The monoisotopic (exact) mass is 278 g/mol. The van der Waals surface area contributed by atoms with E-state index in [9.17, 15) is 4.39 Å².